The van der Waals surface area contributed by atoms with Crippen LogP contribution in [0, 0.1) is 5.92 Å². The number of hydrogen-bond donors (Lipinski definition) is 1. The van der Waals surface area contributed by atoms with Gasteiger partial charge in [0.2, 0.25) is 0 Å². The SMILES string of the molecule is CCN(CC)C1CNCC1C. The van der Waals surface area contributed by atoms with Gasteiger partial charge in [0.05, 0.1) is 0 Å². The van der Waals surface area contributed by atoms with Crippen LogP contribution in [0.4, 0.5) is 0 Å². The van der Waals surface area contributed by atoms with E-state index < -0.39 is 0 Å². The number of nitrogens with zero attached hydrogens (tertiary/aromatic N) is 1. The first-order chi connectivity index (χ1) is 5.29. The smallest absolute Gasteiger partial charge is 0.0258 e. The molecular weight excluding hydrogens is 136 g/mol. The van der Waals surface area contributed by atoms with Crippen molar-refractivity contribution in [2.24, 2.45) is 5.92 Å². The van der Waals surface area contributed by atoms with Crippen LogP contribution in [0.1, 0.15) is 20.8 Å². The zero-order valence-corrected chi connectivity index (χ0v) is 7.93. The first-order valence-electron chi connectivity index (χ1n) is 4.74. The maximum absolute atomic E-state index is 3.43. The quantitative estimate of drug-likeness (QED) is 0.654. The number of hydrogen-bond acceptors (Lipinski definition) is 2. The zero-order valence-electron chi connectivity index (χ0n) is 7.93. The molecule has 0 radical (unpaired) electrons. The maximum atomic E-state index is 3.43. The average molecular weight is 156 g/mol. The molecule has 1 fully saturated rings. The van der Waals surface area contributed by atoms with Crippen molar-refractivity contribution in [3.05, 3.63) is 0 Å². The summed E-state index contributed by atoms with van der Waals surface area (Å²) in [6, 6.07) is 0.782. The molecule has 1 aliphatic heterocycles. The summed E-state index contributed by atoms with van der Waals surface area (Å²) < 4.78 is 0. The zero-order chi connectivity index (χ0) is 8.27. The molecule has 2 heteroatoms. The predicted octanol–water partition coefficient (Wildman–Crippen LogP) is 0.936. The summed E-state index contributed by atoms with van der Waals surface area (Å²) >= 11 is 0. The summed E-state index contributed by atoms with van der Waals surface area (Å²) in [7, 11) is 0. The third kappa shape index (κ3) is 1.94. The Kier molecular flexibility index (Phi) is 3.34. The molecule has 1 rings (SSSR count). The van der Waals surface area contributed by atoms with Crippen LogP contribution in [-0.2, 0) is 0 Å². The molecule has 2 unspecified atom stereocenters. The van der Waals surface area contributed by atoms with Crippen LogP contribution >= 0.6 is 0 Å². The number of nitrogens with one attached hydrogen (secondary N) is 1. The van der Waals surface area contributed by atoms with Gasteiger partial charge < -0.3 is 5.32 Å². The Balaban J connectivity index is 2.43. The van der Waals surface area contributed by atoms with Gasteiger partial charge >= 0.3 is 0 Å². The highest BCUT2D eigenvalue weighted by atomic mass is 15.2. The molecule has 0 aromatic rings. The first-order valence-corrected chi connectivity index (χ1v) is 4.74. The molecule has 0 bridgehead atoms. The van der Waals surface area contributed by atoms with E-state index >= 15 is 0 Å². The van der Waals surface area contributed by atoms with Gasteiger partial charge in [-0.1, -0.05) is 20.8 Å². The van der Waals surface area contributed by atoms with E-state index in [0.29, 0.717) is 0 Å². The lowest BCUT2D eigenvalue weighted by molar-refractivity contribution is 0.197. The molecule has 1 N–H and O–H groups in total. The summed E-state index contributed by atoms with van der Waals surface area (Å²) in [5, 5.41) is 3.43. The van der Waals surface area contributed by atoms with Crippen LogP contribution < -0.4 is 5.32 Å². The largest absolute Gasteiger partial charge is 0.315 e. The highest BCUT2D eigenvalue weighted by Gasteiger charge is 2.26. The van der Waals surface area contributed by atoms with E-state index in [0.717, 1.165) is 12.0 Å². The molecule has 1 aliphatic rings. The highest BCUT2D eigenvalue weighted by molar-refractivity contribution is 4.85. The van der Waals surface area contributed by atoms with Crippen molar-refractivity contribution >= 4 is 0 Å². The molecule has 11 heavy (non-hydrogen) atoms. The normalized spacial score (nSPS) is 31.6. The van der Waals surface area contributed by atoms with Crippen LogP contribution in [-0.4, -0.2) is 37.1 Å². The molecule has 1 saturated heterocycles. The molecule has 1 heterocycles. The Morgan fingerprint density at radius 3 is 2.27 bits per heavy atom. The van der Waals surface area contributed by atoms with Gasteiger partial charge in [-0.3, -0.25) is 4.90 Å². The molecule has 2 nitrogen and oxygen atoms in total. The number of rotatable bonds is 3. The average Bonchev–Trinajstić information content (AvgIpc) is 2.40. The summed E-state index contributed by atoms with van der Waals surface area (Å²) in [5.74, 6) is 0.829. The van der Waals surface area contributed by atoms with Crippen molar-refractivity contribution in [2.75, 3.05) is 26.2 Å². The van der Waals surface area contributed by atoms with E-state index in [1.165, 1.54) is 26.2 Å². The Hall–Kier alpha value is -0.0800. The van der Waals surface area contributed by atoms with Crippen LogP contribution in [0.15, 0.2) is 0 Å². The van der Waals surface area contributed by atoms with Gasteiger partial charge in [0, 0.05) is 12.6 Å². The lowest BCUT2D eigenvalue weighted by Crippen LogP contribution is -2.39. The van der Waals surface area contributed by atoms with Crippen molar-refractivity contribution in [2.45, 2.75) is 26.8 Å². The molecule has 0 amide bonds. The molecule has 0 aromatic carbocycles. The Morgan fingerprint density at radius 1 is 1.27 bits per heavy atom. The fraction of sp³-hybridized carbons (Fsp3) is 1.00. The van der Waals surface area contributed by atoms with Crippen molar-refractivity contribution < 1.29 is 0 Å². The molecule has 0 saturated carbocycles. The molecular formula is C9H20N2. The van der Waals surface area contributed by atoms with Gasteiger partial charge in [-0.25, -0.2) is 0 Å². The van der Waals surface area contributed by atoms with Gasteiger partial charge in [0.1, 0.15) is 0 Å². The van der Waals surface area contributed by atoms with Crippen molar-refractivity contribution in [1.29, 1.82) is 0 Å². The molecule has 0 aliphatic carbocycles. The van der Waals surface area contributed by atoms with E-state index in [4.69, 9.17) is 0 Å². The van der Waals surface area contributed by atoms with Crippen LogP contribution in [0.3, 0.4) is 0 Å². The maximum Gasteiger partial charge on any atom is 0.0258 e. The Bertz CT molecular complexity index is 110. The van der Waals surface area contributed by atoms with Crippen LogP contribution in [0.25, 0.3) is 0 Å². The minimum atomic E-state index is 0.782. The highest BCUT2D eigenvalue weighted by Crippen LogP contribution is 2.14. The van der Waals surface area contributed by atoms with Crippen LogP contribution in [0.5, 0.6) is 0 Å². The lowest BCUT2D eigenvalue weighted by atomic mass is 10.1. The minimum Gasteiger partial charge on any atom is -0.315 e. The number of likely N-dealkylation sites (N-methyl/N-ethyl adjacent to an activating group) is 1. The molecule has 0 aromatic heterocycles. The topological polar surface area (TPSA) is 15.3 Å². The van der Waals surface area contributed by atoms with Crippen molar-refractivity contribution in [3.8, 4) is 0 Å². The summed E-state index contributed by atoms with van der Waals surface area (Å²) in [6.07, 6.45) is 0. The van der Waals surface area contributed by atoms with Gasteiger partial charge in [-0.15, -0.1) is 0 Å². The standard InChI is InChI=1S/C9H20N2/c1-4-11(5-2)9-7-10-6-8(9)3/h8-10H,4-7H2,1-3H3. The van der Waals surface area contributed by atoms with Crippen molar-refractivity contribution in [1.82, 2.24) is 10.2 Å². The van der Waals surface area contributed by atoms with Crippen LogP contribution in [0.2, 0.25) is 0 Å². The minimum absolute atomic E-state index is 0.782. The third-order valence-corrected chi connectivity index (χ3v) is 2.76. The summed E-state index contributed by atoms with van der Waals surface area (Å²) in [4.78, 5) is 2.55. The first kappa shape index (κ1) is 9.01. The summed E-state index contributed by atoms with van der Waals surface area (Å²) in [6.45, 7) is 11.6. The Morgan fingerprint density at radius 2 is 1.91 bits per heavy atom. The fourth-order valence-corrected chi connectivity index (χ4v) is 1.98. The van der Waals surface area contributed by atoms with E-state index in [9.17, 15) is 0 Å². The van der Waals surface area contributed by atoms with Crippen molar-refractivity contribution in [3.63, 3.8) is 0 Å². The molecule has 66 valence electrons. The molecule has 0 spiro atoms. The van der Waals surface area contributed by atoms with E-state index in [-0.39, 0.29) is 0 Å². The monoisotopic (exact) mass is 156 g/mol. The van der Waals surface area contributed by atoms with Gasteiger partial charge in [0.15, 0.2) is 0 Å². The molecule has 2 atom stereocenters. The third-order valence-electron chi connectivity index (χ3n) is 2.76. The second kappa shape index (κ2) is 4.07. The van der Waals surface area contributed by atoms with E-state index in [2.05, 4.69) is 31.0 Å². The van der Waals surface area contributed by atoms with E-state index in [1.807, 2.05) is 0 Å². The van der Waals surface area contributed by atoms with Gasteiger partial charge in [-0.2, -0.15) is 0 Å². The summed E-state index contributed by atoms with van der Waals surface area (Å²) in [5.41, 5.74) is 0. The van der Waals surface area contributed by atoms with Gasteiger partial charge in [-0.05, 0) is 25.6 Å². The second-order valence-corrected chi connectivity index (χ2v) is 3.42. The van der Waals surface area contributed by atoms with E-state index in [1.54, 1.807) is 0 Å². The second-order valence-electron chi connectivity index (χ2n) is 3.42. The predicted molar refractivity (Wildman–Crippen MR) is 48.7 cm³/mol. The van der Waals surface area contributed by atoms with Gasteiger partial charge in [0.25, 0.3) is 0 Å². The lowest BCUT2D eigenvalue weighted by Gasteiger charge is -2.28. The Labute approximate surface area is 70.0 Å². The fourth-order valence-electron chi connectivity index (χ4n) is 1.98.